The van der Waals surface area contributed by atoms with Crippen molar-refractivity contribution >= 4 is 45.1 Å². The quantitative estimate of drug-likeness (QED) is 0.419. The van der Waals surface area contributed by atoms with E-state index >= 15 is 0 Å². The number of fused-ring (bicyclic) bond motifs is 4. The van der Waals surface area contributed by atoms with Gasteiger partial charge < -0.3 is 5.32 Å². The summed E-state index contributed by atoms with van der Waals surface area (Å²) in [6.07, 6.45) is 0. The van der Waals surface area contributed by atoms with Gasteiger partial charge in [0.1, 0.15) is 0 Å². The third kappa shape index (κ3) is 3.42. The fourth-order valence-electron chi connectivity index (χ4n) is 4.02. The Hall–Kier alpha value is -3.65. The summed E-state index contributed by atoms with van der Waals surface area (Å²) in [6.45, 7) is 1.99. The zero-order chi connectivity index (χ0) is 22.2. The second-order valence-electron chi connectivity index (χ2n) is 7.65. The van der Waals surface area contributed by atoms with Crippen molar-refractivity contribution in [3.05, 3.63) is 82.6 Å². The van der Waals surface area contributed by atoms with Gasteiger partial charge in [0.2, 0.25) is 11.7 Å². The summed E-state index contributed by atoms with van der Waals surface area (Å²) in [5, 5.41) is 14.9. The number of hydrogen-bond acceptors (Lipinski definition) is 5. The molecule has 0 saturated heterocycles. The average molecular weight is 444 g/mol. The van der Waals surface area contributed by atoms with E-state index < -0.39 is 0 Å². The van der Waals surface area contributed by atoms with Gasteiger partial charge in [0.25, 0.3) is 5.56 Å². The number of hydrogen-bond donors (Lipinski definition) is 1. The van der Waals surface area contributed by atoms with Gasteiger partial charge in [0.05, 0.1) is 22.7 Å². The molecule has 1 unspecified atom stereocenters. The molecule has 0 aliphatic rings. The van der Waals surface area contributed by atoms with Crippen molar-refractivity contribution in [2.75, 3.05) is 5.75 Å². The molecule has 3 aromatic carbocycles. The van der Waals surface area contributed by atoms with Gasteiger partial charge in [-0.25, -0.2) is 0 Å². The lowest BCUT2D eigenvalue weighted by Crippen LogP contribution is -2.28. The summed E-state index contributed by atoms with van der Waals surface area (Å²) in [5.41, 5.74) is 1.68. The molecule has 0 radical (unpaired) electrons. The molecule has 5 aromatic rings. The minimum Gasteiger partial charge on any atom is -0.349 e. The number of amides is 1. The molecule has 32 heavy (non-hydrogen) atoms. The van der Waals surface area contributed by atoms with E-state index in [1.54, 1.807) is 13.1 Å². The van der Waals surface area contributed by atoms with Crippen LogP contribution in [0.3, 0.4) is 0 Å². The molecule has 0 spiro atoms. The van der Waals surface area contributed by atoms with Crippen molar-refractivity contribution < 1.29 is 4.79 Å². The summed E-state index contributed by atoms with van der Waals surface area (Å²) in [7, 11) is 1.67. The van der Waals surface area contributed by atoms with Crippen molar-refractivity contribution in [3.8, 4) is 0 Å². The van der Waals surface area contributed by atoms with Crippen LogP contribution in [0.15, 0.2) is 76.7 Å². The van der Waals surface area contributed by atoms with Crippen LogP contribution in [0.2, 0.25) is 0 Å². The van der Waals surface area contributed by atoms with Gasteiger partial charge in [-0.3, -0.25) is 18.6 Å². The van der Waals surface area contributed by atoms with E-state index in [0.717, 1.165) is 21.9 Å². The van der Waals surface area contributed by atoms with Crippen LogP contribution in [0.1, 0.15) is 18.5 Å². The number of benzene rings is 3. The molecule has 2 heterocycles. The van der Waals surface area contributed by atoms with Crippen LogP contribution in [0.5, 0.6) is 0 Å². The maximum absolute atomic E-state index is 12.7. The largest absolute Gasteiger partial charge is 0.349 e. The minimum atomic E-state index is -0.133. The number of carbonyl (C=O) groups is 1. The Morgan fingerprint density at radius 3 is 2.56 bits per heavy atom. The van der Waals surface area contributed by atoms with Crippen molar-refractivity contribution in [1.29, 1.82) is 0 Å². The smallest absolute Gasteiger partial charge is 0.262 e. The van der Waals surface area contributed by atoms with E-state index in [2.05, 4.69) is 33.7 Å². The molecule has 1 amide bonds. The third-order valence-electron chi connectivity index (χ3n) is 5.60. The molecule has 160 valence electrons. The van der Waals surface area contributed by atoms with Crippen LogP contribution in [0.25, 0.3) is 27.5 Å². The predicted octanol–water partition coefficient (Wildman–Crippen LogP) is 3.70. The Balaban J connectivity index is 1.38. The van der Waals surface area contributed by atoms with E-state index in [1.165, 1.54) is 16.3 Å². The van der Waals surface area contributed by atoms with Crippen LogP contribution in [-0.2, 0) is 11.8 Å². The number of rotatable bonds is 5. The standard InChI is InChI=1S/C24H21N5O2S/c1-15(17-12-7-9-16-8-3-4-10-18(16)17)25-21(30)14-32-24-27-26-23-28(2)22(31)19-11-5-6-13-20(19)29(23)24/h3-13,15H,14H2,1-2H3,(H,25,30). The Morgan fingerprint density at radius 1 is 1.00 bits per heavy atom. The lowest BCUT2D eigenvalue weighted by atomic mass is 10.00. The van der Waals surface area contributed by atoms with E-state index in [1.807, 2.05) is 53.8 Å². The zero-order valence-electron chi connectivity index (χ0n) is 17.6. The number of nitrogens with one attached hydrogen (secondary N) is 1. The molecule has 0 saturated carbocycles. The molecule has 8 heteroatoms. The van der Waals surface area contributed by atoms with Crippen molar-refractivity contribution in [2.24, 2.45) is 7.05 Å². The summed E-state index contributed by atoms with van der Waals surface area (Å²) in [5.74, 6) is 0.537. The van der Waals surface area contributed by atoms with Crippen LogP contribution < -0.4 is 10.9 Å². The Labute approximate surface area is 188 Å². The number of aryl methyl sites for hydroxylation is 1. The maximum atomic E-state index is 12.7. The molecule has 0 aliphatic carbocycles. The maximum Gasteiger partial charge on any atom is 0.262 e. The van der Waals surface area contributed by atoms with Gasteiger partial charge >= 0.3 is 0 Å². The van der Waals surface area contributed by atoms with Crippen molar-refractivity contribution in [1.82, 2.24) is 24.5 Å². The molecule has 7 nitrogen and oxygen atoms in total. The van der Waals surface area contributed by atoms with Gasteiger partial charge in [-0.05, 0) is 35.4 Å². The highest BCUT2D eigenvalue weighted by atomic mass is 32.2. The molecular formula is C24H21N5O2S. The molecule has 0 fully saturated rings. The second-order valence-corrected chi connectivity index (χ2v) is 8.59. The van der Waals surface area contributed by atoms with Gasteiger partial charge in [-0.2, -0.15) is 0 Å². The first-order chi connectivity index (χ1) is 15.5. The molecular weight excluding hydrogens is 422 g/mol. The molecule has 5 rings (SSSR count). The van der Waals surface area contributed by atoms with Gasteiger partial charge in [0, 0.05) is 7.05 Å². The monoisotopic (exact) mass is 443 g/mol. The van der Waals surface area contributed by atoms with Crippen LogP contribution in [-0.4, -0.2) is 30.8 Å². The van der Waals surface area contributed by atoms with Gasteiger partial charge in [-0.15, -0.1) is 10.2 Å². The summed E-state index contributed by atoms with van der Waals surface area (Å²) >= 11 is 1.30. The highest BCUT2D eigenvalue weighted by Gasteiger charge is 2.17. The normalized spacial score (nSPS) is 12.4. The molecule has 0 bridgehead atoms. The molecule has 1 atom stereocenters. The van der Waals surface area contributed by atoms with Gasteiger partial charge in [0.15, 0.2) is 5.16 Å². The van der Waals surface area contributed by atoms with Crippen molar-refractivity contribution in [3.63, 3.8) is 0 Å². The summed E-state index contributed by atoms with van der Waals surface area (Å²) in [4.78, 5) is 25.3. The number of nitrogens with zero attached hydrogens (tertiary/aromatic N) is 4. The van der Waals surface area contributed by atoms with Gasteiger partial charge in [-0.1, -0.05) is 66.4 Å². The number of thioether (sulfide) groups is 1. The van der Waals surface area contributed by atoms with E-state index in [-0.39, 0.29) is 23.3 Å². The highest BCUT2D eigenvalue weighted by Crippen LogP contribution is 2.25. The van der Waals surface area contributed by atoms with Crippen molar-refractivity contribution in [2.45, 2.75) is 18.1 Å². The van der Waals surface area contributed by atoms with E-state index in [4.69, 9.17) is 0 Å². The summed E-state index contributed by atoms with van der Waals surface area (Å²) < 4.78 is 3.30. The first-order valence-corrected chi connectivity index (χ1v) is 11.3. The second kappa shape index (κ2) is 8.12. The van der Waals surface area contributed by atoms with E-state index in [0.29, 0.717) is 16.3 Å². The number of carbonyl (C=O) groups excluding carboxylic acids is 1. The molecule has 0 aliphatic heterocycles. The predicted molar refractivity (Wildman–Crippen MR) is 127 cm³/mol. The third-order valence-corrected chi connectivity index (χ3v) is 6.52. The zero-order valence-corrected chi connectivity index (χ0v) is 18.5. The average Bonchev–Trinajstić information content (AvgIpc) is 3.25. The van der Waals surface area contributed by atoms with E-state index in [9.17, 15) is 9.59 Å². The Kier molecular flexibility index (Phi) is 5.14. The van der Waals surface area contributed by atoms with Crippen LogP contribution >= 0.6 is 11.8 Å². The minimum absolute atomic E-state index is 0.0960. The SMILES string of the molecule is CC(NC(=O)CSc1nnc2n(C)c(=O)c3ccccc3n12)c1cccc2ccccc12. The summed E-state index contributed by atoms with van der Waals surface area (Å²) in [6, 6.07) is 21.5. The lowest BCUT2D eigenvalue weighted by Gasteiger charge is -2.16. The first kappa shape index (κ1) is 20.3. The topological polar surface area (TPSA) is 81.3 Å². The highest BCUT2D eigenvalue weighted by molar-refractivity contribution is 7.99. The van der Waals surface area contributed by atoms with Crippen LogP contribution in [0.4, 0.5) is 0 Å². The lowest BCUT2D eigenvalue weighted by molar-refractivity contribution is -0.119. The Morgan fingerprint density at radius 2 is 1.72 bits per heavy atom. The Bertz CT molecular complexity index is 1530. The molecule has 2 aromatic heterocycles. The number of para-hydroxylation sites is 1. The van der Waals surface area contributed by atoms with Crippen LogP contribution in [0, 0.1) is 0 Å². The first-order valence-electron chi connectivity index (χ1n) is 10.3. The molecule has 1 N–H and O–H groups in total. The number of aromatic nitrogens is 4. The fourth-order valence-corrected chi connectivity index (χ4v) is 4.77. The fraction of sp³-hybridized carbons (Fsp3) is 0.167.